The largest absolute Gasteiger partial charge is 0.484 e. The molecule has 0 bridgehead atoms. The zero-order chi connectivity index (χ0) is 14.6. The van der Waals surface area contributed by atoms with Crippen molar-refractivity contribution in [1.29, 1.82) is 0 Å². The summed E-state index contributed by atoms with van der Waals surface area (Å²) >= 11 is 2.83. The topological polar surface area (TPSA) is 105 Å². The predicted molar refractivity (Wildman–Crippen MR) is 66.2 cm³/mol. The monoisotopic (exact) mass is 336 g/mol. The molecule has 1 rings (SSSR count). The van der Waals surface area contributed by atoms with Gasteiger partial charge in [-0.1, -0.05) is 0 Å². The molecule has 7 nitrogen and oxygen atoms in total. The van der Waals surface area contributed by atoms with E-state index in [1.54, 1.807) is 0 Å². The zero-order valence-corrected chi connectivity index (χ0v) is 11.3. The van der Waals surface area contributed by atoms with E-state index in [0.717, 1.165) is 19.2 Å². The number of carbonyl (C=O) groups excluding carboxylic acids is 1. The Morgan fingerprint density at radius 3 is 2.79 bits per heavy atom. The van der Waals surface area contributed by atoms with Gasteiger partial charge in [0.25, 0.3) is 0 Å². The quantitative estimate of drug-likeness (QED) is 0.494. The molecule has 9 heteroatoms. The SMILES string of the molecule is COC(=O)C(N)COc1cc(F)c(Br)cc1[N+](=O)[O-]. The van der Waals surface area contributed by atoms with Crippen LogP contribution in [0, 0.1) is 15.9 Å². The Bertz CT molecular complexity index is 511. The van der Waals surface area contributed by atoms with Crippen LogP contribution in [-0.4, -0.2) is 30.7 Å². The lowest BCUT2D eigenvalue weighted by atomic mass is 10.3. The minimum atomic E-state index is -1.11. The lowest BCUT2D eigenvalue weighted by molar-refractivity contribution is -0.386. The molecule has 0 radical (unpaired) electrons. The van der Waals surface area contributed by atoms with Crippen molar-refractivity contribution in [3.63, 3.8) is 0 Å². The van der Waals surface area contributed by atoms with E-state index in [2.05, 4.69) is 20.7 Å². The smallest absolute Gasteiger partial charge is 0.326 e. The van der Waals surface area contributed by atoms with Gasteiger partial charge in [0.05, 0.1) is 16.5 Å². The van der Waals surface area contributed by atoms with Crippen LogP contribution >= 0.6 is 15.9 Å². The van der Waals surface area contributed by atoms with Gasteiger partial charge in [0.15, 0.2) is 5.75 Å². The maximum absolute atomic E-state index is 13.3. The summed E-state index contributed by atoms with van der Waals surface area (Å²) in [6.45, 7) is -0.366. The van der Waals surface area contributed by atoms with E-state index in [9.17, 15) is 19.3 Å². The molecule has 19 heavy (non-hydrogen) atoms. The second-order valence-corrected chi connectivity index (χ2v) is 4.29. The molecular formula is C10H10BrFN2O5. The molecule has 0 spiro atoms. The number of halogens is 2. The predicted octanol–water partition coefficient (Wildman–Crippen LogP) is 1.38. The van der Waals surface area contributed by atoms with Crippen molar-refractivity contribution in [2.45, 2.75) is 6.04 Å². The van der Waals surface area contributed by atoms with Crippen LogP contribution in [0.5, 0.6) is 5.75 Å². The molecule has 0 fully saturated rings. The van der Waals surface area contributed by atoms with Crippen LogP contribution in [0.2, 0.25) is 0 Å². The number of benzene rings is 1. The number of nitrogens with zero attached hydrogens (tertiary/aromatic N) is 1. The molecule has 0 saturated heterocycles. The average molecular weight is 337 g/mol. The van der Waals surface area contributed by atoms with Crippen molar-refractivity contribution in [2.75, 3.05) is 13.7 Å². The highest BCUT2D eigenvalue weighted by atomic mass is 79.9. The molecule has 1 atom stereocenters. The molecule has 0 aromatic heterocycles. The first-order valence-electron chi connectivity index (χ1n) is 4.96. The minimum absolute atomic E-state index is 0.0659. The molecule has 104 valence electrons. The second kappa shape index (κ2) is 6.43. The second-order valence-electron chi connectivity index (χ2n) is 3.43. The van der Waals surface area contributed by atoms with Crippen LogP contribution < -0.4 is 10.5 Å². The number of carbonyl (C=O) groups is 1. The van der Waals surface area contributed by atoms with Crippen LogP contribution in [0.1, 0.15) is 0 Å². The van der Waals surface area contributed by atoms with Gasteiger partial charge < -0.3 is 15.2 Å². The van der Waals surface area contributed by atoms with E-state index in [4.69, 9.17) is 10.5 Å². The Morgan fingerprint density at radius 2 is 2.26 bits per heavy atom. The fraction of sp³-hybridized carbons (Fsp3) is 0.300. The van der Waals surface area contributed by atoms with Crippen LogP contribution in [0.25, 0.3) is 0 Å². The molecule has 0 saturated carbocycles. The molecule has 0 aliphatic heterocycles. The Balaban J connectivity index is 2.91. The Labute approximate surface area is 115 Å². The van der Waals surface area contributed by atoms with Crippen molar-refractivity contribution < 1.29 is 23.6 Å². The molecule has 0 aliphatic carbocycles. The number of esters is 1. The van der Waals surface area contributed by atoms with E-state index >= 15 is 0 Å². The molecule has 1 aromatic rings. The van der Waals surface area contributed by atoms with Crippen LogP contribution in [-0.2, 0) is 9.53 Å². The Kier molecular flexibility index (Phi) is 5.19. The summed E-state index contributed by atoms with van der Waals surface area (Å²) in [5.41, 5.74) is 4.96. The van der Waals surface area contributed by atoms with Crippen molar-refractivity contribution in [3.8, 4) is 5.75 Å². The highest BCUT2D eigenvalue weighted by molar-refractivity contribution is 9.10. The fourth-order valence-corrected chi connectivity index (χ4v) is 1.51. The zero-order valence-electron chi connectivity index (χ0n) is 9.76. The lowest BCUT2D eigenvalue weighted by Gasteiger charge is -2.11. The van der Waals surface area contributed by atoms with E-state index < -0.39 is 28.4 Å². The van der Waals surface area contributed by atoms with Crippen molar-refractivity contribution in [1.82, 2.24) is 0 Å². The standard InChI is InChI=1S/C10H10BrFN2O5/c1-18-10(15)7(13)4-19-9-3-6(12)5(11)2-8(9)14(16)17/h2-3,7H,4,13H2,1H3. The number of nitro benzene ring substituents is 1. The summed E-state index contributed by atoms with van der Waals surface area (Å²) in [6, 6.07) is 0.692. The molecule has 0 heterocycles. The van der Waals surface area contributed by atoms with Gasteiger partial charge in [-0.25, -0.2) is 4.39 Å². The molecule has 0 aliphatic rings. The molecule has 2 N–H and O–H groups in total. The Morgan fingerprint density at radius 1 is 1.63 bits per heavy atom. The van der Waals surface area contributed by atoms with Gasteiger partial charge in [0.2, 0.25) is 0 Å². The summed E-state index contributed by atoms with van der Waals surface area (Å²) in [5, 5.41) is 10.8. The van der Waals surface area contributed by atoms with Gasteiger partial charge in [-0.3, -0.25) is 14.9 Å². The summed E-state index contributed by atoms with van der Waals surface area (Å²) in [7, 11) is 1.14. The average Bonchev–Trinajstić information content (AvgIpc) is 2.37. The van der Waals surface area contributed by atoms with Crippen LogP contribution in [0.4, 0.5) is 10.1 Å². The number of hydrogen-bond acceptors (Lipinski definition) is 6. The van der Waals surface area contributed by atoms with Crippen molar-refractivity contribution in [2.24, 2.45) is 5.73 Å². The summed E-state index contributed by atoms with van der Waals surface area (Å²) in [4.78, 5) is 21.1. The lowest BCUT2D eigenvalue weighted by Crippen LogP contribution is -2.37. The third-order valence-corrected chi connectivity index (χ3v) is 2.73. The number of nitro groups is 1. The maximum Gasteiger partial charge on any atom is 0.326 e. The molecule has 1 aromatic carbocycles. The van der Waals surface area contributed by atoms with Crippen LogP contribution in [0.3, 0.4) is 0 Å². The van der Waals surface area contributed by atoms with Gasteiger partial charge in [-0.05, 0) is 15.9 Å². The first-order chi connectivity index (χ1) is 8.86. The first kappa shape index (κ1) is 15.3. The highest BCUT2D eigenvalue weighted by Gasteiger charge is 2.21. The minimum Gasteiger partial charge on any atom is -0.484 e. The normalized spacial score (nSPS) is 11.8. The fourth-order valence-electron chi connectivity index (χ4n) is 1.18. The summed E-state index contributed by atoms with van der Waals surface area (Å²) < 4.78 is 22.6. The van der Waals surface area contributed by atoms with E-state index in [-0.39, 0.29) is 16.8 Å². The van der Waals surface area contributed by atoms with Gasteiger partial charge in [0, 0.05) is 12.1 Å². The highest BCUT2D eigenvalue weighted by Crippen LogP contribution is 2.32. The molecular weight excluding hydrogens is 327 g/mol. The molecule has 1 unspecified atom stereocenters. The van der Waals surface area contributed by atoms with E-state index in [1.165, 1.54) is 0 Å². The van der Waals surface area contributed by atoms with Crippen LogP contribution in [0.15, 0.2) is 16.6 Å². The Hall–Kier alpha value is -1.74. The number of methoxy groups -OCH3 is 1. The third kappa shape index (κ3) is 3.86. The number of hydrogen-bond donors (Lipinski definition) is 1. The number of nitrogens with two attached hydrogens (primary N) is 1. The third-order valence-electron chi connectivity index (χ3n) is 2.12. The number of rotatable bonds is 5. The molecule has 0 amide bonds. The van der Waals surface area contributed by atoms with E-state index in [0.29, 0.717) is 0 Å². The van der Waals surface area contributed by atoms with Crippen molar-refractivity contribution >= 4 is 27.6 Å². The van der Waals surface area contributed by atoms with Gasteiger partial charge in [-0.15, -0.1) is 0 Å². The van der Waals surface area contributed by atoms with Gasteiger partial charge in [-0.2, -0.15) is 0 Å². The van der Waals surface area contributed by atoms with E-state index in [1.807, 2.05) is 0 Å². The number of ether oxygens (including phenoxy) is 2. The summed E-state index contributed by atoms with van der Waals surface area (Å²) in [5.74, 6) is -1.78. The van der Waals surface area contributed by atoms with Gasteiger partial charge in [0.1, 0.15) is 18.5 Å². The van der Waals surface area contributed by atoms with Crippen molar-refractivity contribution in [3.05, 3.63) is 32.5 Å². The summed E-state index contributed by atoms with van der Waals surface area (Å²) in [6.07, 6.45) is 0. The first-order valence-corrected chi connectivity index (χ1v) is 5.75. The van der Waals surface area contributed by atoms with Gasteiger partial charge >= 0.3 is 11.7 Å². The maximum atomic E-state index is 13.3.